The molecule has 0 aliphatic carbocycles. The van der Waals surface area contributed by atoms with Crippen LogP contribution in [-0.4, -0.2) is 46.1 Å². The number of benzene rings is 1. The third-order valence-electron chi connectivity index (χ3n) is 3.90. The molecule has 0 bridgehead atoms. The van der Waals surface area contributed by atoms with Gasteiger partial charge in [-0.05, 0) is 6.07 Å². The Morgan fingerprint density at radius 1 is 0.586 bits per heavy atom. The largest absolute Gasteiger partial charge is 0.455 e. The summed E-state index contributed by atoms with van der Waals surface area (Å²) < 4.78 is 168. The Labute approximate surface area is 156 Å². The van der Waals surface area contributed by atoms with Gasteiger partial charge in [0.1, 0.15) is 7.85 Å². The van der Waals surface area contributed by atoms with Crippen LogP contribution in [0.25, 0.3) is 0 Å². The van der Waals surface area contributed by atoms with Crippen molar-refractivity contribution in [3.63, 3.8) is 0 Å². The topological polar surface area (TPSA) is 18.5 Å². The Morgan fingerprint density at radius 2 is 0.862 bits per heavy atom. The van der Waals surface area contributed by atoms with Gasteiger partial charge in [-0.3, -0.25) is 0 Å². The van der Waals surface area contributed by atoms with Crippen molar-refractivity contribution in [1.82, 2.24) is 0 Å². The fraction of sp³-hybridized carbons (Fsp3) is 0.571. The fourth-order valence-electron chi connectivity index (χ4n) is 2.36. The molecule has 0 saturated carbocycles. The second-order valence-corrected chi connectivity index (χ2v) is 5.83. The first-order valence-corrected chi connectivity index (χ1v) is 7.22. The summed E-state index contributed by atoms with van der Waals surface area (Å²) in [6.45, 7) is 0. The van der Waals surface area contributed by atoms with Gasteiger partial charge in [0.15, 0.2) is 0 Å². The summed E-state index contributed by atoms with van der Waals surface area (Å²) in [6.07, 6.45) is -12.7. The van der Waals surface area contributed by atoms with E-state index in [0.717, 1.165) is 7.85 Å². The molecule has 0 N–H and O–H groups in total. The predicted molar refractivity (Wildman–Crippen MR) is 76.2 cm³/mol. The fourth-order valence-corrected chi connectivity index (χ4v) is 2.36. The van der Waals surface area contributed by atoms with Crippen LogP contribution in [0.15, 0.2) is 18.2 Å². The first-order chi connectivity index (χ1) is 12.7. The molecule has 0 radical (unpaired) electrons. The minimum Gasteiger partial charge on any atom is -0.337 e. The van der Waals surface area contributed by atoms with Crippen LogP contribution in [-0.2, 0) is 21.3 Å². The Bertz CT molecular complexity index is 689. The van der Waals surface area contributed by atoms with Crippen molar-refractivity contribution in [1.29, 1.82) is 0 Å². The first-order valence-electron chi connectivity index (χ1n) is 7.22. The monoisotopic (exact) mass is 450 g/mol. The highest BCUT2D eigenvalue weighted by Crippen LogP contribution is 2.54. The van der Waals surface area contributed by atoms with E-state index in [1.165, 1.54) is 0 Å². The van der Waals surface area contributed by atoms with E-state index in [4.69, 9.17) is 0 Å². The lowest BCUT2D eigenvalue weighted by molar-refractivity contribution is -0.399. The number of halogens is 12. The van der Waals surface area contributed by atoms with E-state index in [2.05, 4.69) is 9.47 Å². The maximum Gasteiger partial charge on any atom is 0.455 e. The molecule has 0 amide bonds. The standard InChI is InChI=1S/C14H11BF12O2/c1-28-11(20,13(22,23)24)9(16,17)6-3-7(5-8(15)4-6)10(18,19)12(21,29-2)14(25,26)27/h3-5H,15H2,1-2H3. The van der Waals surface area contributed by atoms with Crippen LogP contribution in [0.5, 0.6) is 0 Å². The normalized spacial score (nSPS) is 18.3. The molecule has 1 aromatic rings. The Balaban J connectivity index is 3.76. The molecule has 0 heterocycles. The molecule has 2 nitrogen and oxygen atoms in total. The average molecular weight is 450 g/mol. The highest BCUT2D eigenvalue weighted by Gasteiger charge is 2.75. The molecular weight excluding hydrogens is 439 g/mol. The molecule has 2 atom stereocenters. The predicted octanol–water partition coefficient (Wildman–Crippen LogP) is 3.88. The van der Waals surface area contributed by atoms with Crippen molar-refractivity contribution in [2.24, 2.45) is 0 Å². The second kappa shape index (κ2) is 7.25. The number of methoxy groups -OCH3 is 2. The van der Waals surface area contributed by atoms with Crippen LogP contribution in [0.2, 0.25) is 0 Å². The van der Waals surface area contributed by atoms with E-state index in [1.807, 2.05) is 0 Å². The van der Waals surface area contributed by atoms with Crippen molar-refractivity contribution in [3.05, 3.63) is 29.3 Å². The number of hydrogen-bond acceptors (Lipinski definition) is 2. The van der Waals surface area contributed by atoms with Gasteiger partial charge >= 0.3 is 35.9 Å². The smallest absolute Gasteiger partial charge is 0.337 e. The molecule has 15 heteroatoms. The van der Waals surface area contributed by atoms with Crippen molar-refractivity contribution in [2.45, 2.75) is 35.9 Å². The van der Waals surface area contributed by atoms with Crippen molar-refractivity contribution in [3.8, 4) is 0 Å². The molecule has 2 unspecified atom stereocenters. The van der Waals surface area contributed by atoms with Gasteiger partial charge in [-0.1, -0.05) is 17.6 Å². The number of alkyl halides is 12. The number of rotatable bonds is 6. The zero-order valence-corrected chi connectivity index (χ0v) is 14.6. The number of hydrogen-bond donors (Lipinski definition) is 0. The van der Waals surface area contributed by atoms with E-state index in [-0.39, 0.29) is 26.4 Å². The van der Waals surface area contributed by atoms with Gasteiger partial charge < -0.3 is 9.47 Å². The van der Waals surface area contributed by atoms with E-state index < -0.39 is 58.6 Å². The van der Waals surface area contributed by atoms with Crippen LogP contribution in [0, 0.1) is 0 Å². The van der Waals surface area contributed by atoms with Crippen LogP contribution in [0.3, 0.4) is 0 Å². The van der Waals surface area contributed by atoms with E-state index in [9.17, 15) is 52.7 Å². The lowest BCUT2D eigenvalue weighted by Crippen LogP contribution is -2.56. The van der Waals surface area contributed by atoms with Crippen LogP contribution >= 0.6 is 0 Å². The summed E-state index contributed by atoms with van der Waals surface area (Å²) in [5, 5.41) is 0. The summed E-state index contributed by atoms with van der Waals surface area (Å²) in [5.41, 5.74) is -5.01. The Morgan fingerprint density at radius 3 is 1.07 bits per heavy atom. The van der Waals surface area contributed by atoms with Gasteiger partial charge in [-0.25, -0.2) is 0 Å². The first kappa shape index (κ1) is 25.4. The zero-order valence-electron chi connectivity index (χ0n) is 14.6. The van der Waals surface area contributed by atoms with E-state index >= 15 is 0 Å². The van der Waals surface area contributed by atoms with Gasteiger partial charge in [-0.15, -0.1) is 0 Å². The second-order valence-electron chi connectivity index (χ2n) is 5.83. The summed E-state index contributed by atoms with van der Waals surface area (Å²) in [4.78, 5) is 0. The molecule has 0 aliphatic heterocycles. The highest BCUT2D eigenvalue weighted by atomic mass is 19.4. The Kier molecular flexibility index (Phi) is 6.35. The van der Waals surface area contributed by atoms with E-state index in [0.29, 0.717) is 0 Å². The molecule has 29 heavy (non-hydrogen) atoms. The van der Waals surface area contributed by atoms with Crippen molar-refractivity contribution < 1.29 is 62.2 Å². The summed E-state index contributed by atoms with van der Waals surface area (Å²) >= 11 is 0. The van der Waals surface area contributed by atoms with Crippen LogP contribution < -0.4 is 5.46 Å². The summed E-state index contributed by atoms with van der Waals surface area (Å²) in [6, 6.07) is -0.400. The van der Waals surface area contributed by atoms with Gasteiger partial charge in [0.05, 0.1) is 0 Å². The van der Waals surface area contributed by atoms with Crippen LogP contribution in [0.1, 0.15) is 11.1 Å². The summed E-state index contributed by atoms with van der Waals surface area (Å²) in [7, 11) is 0.543. The minimum atomic E-state index is -6.37. The van der Waals surface area contributed by atoms with Gasteiger partial charge in [0.2, 0.25) is 0 Å². The zero-order chi connectivity index (χ0) is 23.3. The molecule has 0 spiro atoms. The van der Waals surface area contributed by atoms with Crippen LogP contribution in [0.4, 0.5) is 52.7 Å². The lowest BCUT2D eigenvalue weighted by Gasteiger charge is -2.36. The van der Waals surface area contributed by atoms with Crippen molar-refractivity contribution in [2.75, 3.05) is 14.2 Å². The van der Waals surface area contributed by atoms with Gasteiger partial charge in [0.25, 0.3) is 0 Å². The molecule has 0 aromatic heterocycles. The molecule has 1 rings (SSSR count). The molecule has 166 valence electrons. The SMILES string of the molecule is Bc1cc(C(F)(F)C(F)(OC)C(F)(F)F)cc(C(F)(F)C(F)(OC)C(F)(F)F)c1. The Hall–Kier alpha value is -1.64. The molecule has 0 saturated heterocycles. The maximum atomic E-state index is 14.2. The molecule has 0 fully saturated rings. The van der Waals surface area contributed by atoms with Crippen molar-refractivity contribution >= 4 is 13.3 Å². The maximum absolute atomic E-state index is 14.2. The quantitative estimate of drug-likeness (QED) is 0.484. The van der Waals surface area contributed by atoms with Gasteiger partial charge in [0, 0.05) is 25.3 Å². The molecule has 1 aromatic carbocycles. The highest BCUT2D eigenvalue weighted by molar-refractivity contribution is 6.32. The minimum absolute atomic E-state index is 0.0894. The summed E-state index contributed by atoms with van der Waals surface area (Å²) in [5.74, 6) is -22.9. The van der Waals surface area contributed by atoms with E-state index in [1.54, 1.807) is 0 Å². The number of ether oxygens (including phenoxy) is 2. The lowest BCUT2D eigenvalue weighted by atomic mass is 9.86. The van der Waals surface area contributed by atoms with Gasteiger partial charge in [-0.2, -0.15) is 52.7 Å². The molecule has 0 aliphatic rings. The molecular formula is C14H11BF12O2. The average Bonchev–Trinajstić information content (AvgIpc) is 2.57. The third-order valence-corrected chi connectivity index (χ3v) is 3.90. The third kappa shape index (κ3) is 3.78.